The van der Waals surface area contributed by atoms with E-state index in [-0.39, 0.29) is 23.0 Å². The first-order chi connectivity index (χ1) is 19.5. The lowest BCUT2D eigenvalue weighted by Crippen LogP contribution is -2.52. The lowest BCUT2D eigenvalue weighted by Gasteiger charge is -2.33. The molecule has 0 spiro atoms. The molecule has 220 valence electrons. The molecule has 3 aromatic rings. The fourth-order valence-corrected chi connectivity index (χ4v) is 6.09. The van der Waals surface area contributed by atoms with Gasteiger partial charge in [-0.05, 0) is 74.2 Å². The molecule has 10 heteroatoms. The zero-order valence-corrected chi connectivity index (χ0v) is 25.8. The molecule has 1 atom stereocenters. The summed E-state index contributed by atoms with van der Waals surface area (Å²) >= 11 is 6.29. The molecule has 0 aliphatic heterocycles. The minimum absolute atomic E-state index is 0.0438. The van der Waals surface area contributed by atoms with Crippen LogP contribution in [0.15, 0.2) is 71.6 Å². The van der Waals surface area contributed by atoms with Crippen LogP contribution >= 0.6 is 11.6 Å². The Morgan fingerprint density at radius 2 is 1.71 bits per heavy atom. The minimum Gasteiger partial charge on any atom is -0.497 e. The highest BCUT2D eigenvalue weighted by molar-refractivity contribution is 7.92. The highest BCUT2D eigenvalue weighted by Gasteiger charge is 2.34. The lowest BCUT2D eigenvalue weighted by molar-refractivity contribution is -0.140. The third-order valence-electron chi connectivity index (χ3n) is 6.75. The van der Waals surface area contributed by atoms with Crippen molar-refractivity contribution in [1.29, 1.82) is 0 Å². The van der Waals surface area contributed by atoms with Crippen molar-refractivity contribution in [2.75, 3.05) is 24.5 Å². The first-order valence-corrected chi connectivity index (χ1v) is 15.4. The number of nitrogens with one attached hydrogen (secondary N) is 1. The van der Waals surface area contributed by atoms with E-state index in [1.165, 1.54) is 23.1 Å². The molecule has 0 heterocycles. The molecular formula is C31H38ClN3O5S. The van der Waals surface area contributed by atoms with Crippen molar-refractivity contribution in [3.8, 4) is 5.75 Å². The number of ether oxygens (including phenoxy) is 1. The van der Waals surface area contributed by atoms with Crippen molar-refractivity contribution in [2.45, 2.75) is 58.0 Å². The second kappa shape index (κ2) is 14.4. The minimum atomic E-state index is -4.18. The van der Waals surface area contributed by atoms with Crippen LogP contribution in [0.25, 0.3) is 0 Å². The normalized spacial score (nSPS) is 12.0. The fraction of sp³-hybridized carbons (Fsp3) is 0.355. The fourth-order valence-electron chi connectivity index (χ4n) is 4.46. The van der Waals surface area contributed by atoms with Crippen LogP contribution in [0, 0.1) is 13.8 Å². The van der Waals surface area contributed by atoms with E-state index in [2.05, 4.69) is 5.32 Å². The van der Waals surface area contributed by atoms with E-state index >= 15 is 0 Å². The molecule has 3 rings (SSSR count). The Hall–Kier alpha value is -3.56. The summed E-state index contributed by atoms with van der Waals surface area (Å²) in [6, 6.07) is 17.8. The number of anilines is 1. The van der Waals surface area contributed by atoms with Gasteiger partial charge in [0.1, 0.15) is 18.3 Å². The summed E-state index contributed by atoms with van der Waals surface area (Å²) in [5.41, 5.74) is 2.56. The monoisotopic (exact) mass is 599 g/mol. The number of methoxy groups -OCH3 is 1. The van der Waals surface area contributed by atoms with E-state index in [1.807, 2.05) is 26.8 Å². The molecule has 0 saturated carbocycles. The van der Waals surface area contributed by atoms with Gasteiger partial charge in [0.25, 0.3) is 10.0 Å². The van der Waals surface area contributed by atoms with Crippen LogP contribution in [0.2, 0.25) is 5.02 Å². The molecule has 3 aromatic carbocycles. The van der Waals surface area contributed by atoms with Crippen molar-refractivity contribution >= 4 is 39.1 Å². The molecule has 2 amide bonds. The van der Waals surface area contributed by atoms with Crippen LogP contribution in [0.5, 0.6) is 5.75 Å². The molecule has 8 nitrogen and oxygen atoms in total. The van der Waals surface area contributed by atoms with E-state index in [0.717, 1.165) is 21.9 Å². The molecule has 0 saturated heterocycles. The highest BCUT2D eigenvalue weighted by atomic mass is 35.5. The number of benzene rings is 3. The van der Waals surface area contributed by atoms with Crippen LogP contribution in [0.3, 0.4) is 0 Å². The molecule has 0 radical (unpaired) electrons. The standard InChI is InChI=1S/C31H38ClN3O5S/c1-6-17-33-31(37)28(7-2)34(20-24-9-8-10-26(18-24)40-5)30(36)21-35(29-19-25(32)14-13-23(29)4)41(38,39)27-15-11-22(3)12-16-27/h8-16,18-19,28H,6-7,17,20-21H2,1-5H3,(H,33,37)/t28-/m0/s1. The Morgan fingerprint density at radius 3 is 2.34 bits per heavy atom. The second-order valence-electron chi connectivity index (χ2n) is 9.84. The predicted octanol–water partition coefficient (Wildman–Crippen LogP) is 5.49. The van der Waals surface area contributed by atoms with Gasteiger partial charge in [-0.15, -0.1) is 0 Å². The number of halogens is 1. The summed E-state index contributed by atoms with van der Waals surface area (Å²) in [7, 11) is -2.63. The predicted molar refractivity (Wildman–Crippen MR) is 163 cm³/mol. The van der Waals surface area contributed by atoms with Gasteiger partial charge >= 0.3 is 0 Å². The summed E-state index contributed by atoms with van der Waals surface area (Å²) in [5.74, 6) is -0.213. The van der Waals surface area contributed by atoms with E-state index in [4.69, 9.17) is 16.3 Å². The van der Waals surface area contributed by atoms with Gasteiger partial charge < -0.3 is 15.0 Å². The topological polar surface area (TPSA) is 96.0 Å². The maximum atomic E-state index is 14.2. The van der Waals surface area contributed by atoms with Gasteiger partial charge in [-0.2, -0.15) is 0 Å². The molecule has 0 bridgehead atoms. The molecule has 0 aromatic heterocycles. The number of carbonyl (C=O) groups is 2. The Balaban J connectivity index is 2.10. The van der Waals surface area contributed by atoms with E-state index in [9.17, 15) is 18.0 Å². The average molecular weight is 600 g/mol. The van der Waals surface area contributed by atoms with Gasteiger partial charge in [0.2, 0.25) is 11.8 Å². The zero-order chi connectivity index (χ0) is 30.2. The number of hydrogen-bond acceptors (Lipinski definition) is 5. The maximum Gasteiger partial charge on any atom is 0.264 e. The quantitative estimate of drug-likeness (QED) is 0.280. The number of rotatable bonds is 13. The summed E-state index contributed by atoms with van der Waals surface area (Å²) in [6.45, 7) is 7.41. The van der Waals surface area contributed by atoms with Gasteiger partial charge in [-0.1, -0.05) is 61.3 Å². The molecule has 41 heavy (non-hydrogen) atoms. The Labute approximate surface area is 248 Å². The van der Waals surface area contributed by atoms with Gasteiger partial charge in [0.05, 0.1) is 17.7 Å². The third kappa shape index (κ3) is 8.01. The van der Waals surface area contributed by atoms with Crippen LogP contribution in [-0.2, 0) is 26.2 Å². The SMILES string of the molecule is CCCNC(=O)[C@H](CC)N(Cc1cccc(OC)c1)C(=O)CN(c1cc(Cl)ccc1C)S(=O)(=O)c1ccc(C)cc1. The number of carbonyl (C=O) groups excluding carboxylic acids is 2. The lowest BCUT2D eigenvalue weighted by atomic mass is 10.1. The number of nitrogens with zero attached hydrogens (tertiary/aromatic N) is 2. The van der Waals surface area contributed by atoms with Crippen LogP contribution in [0.1, 0.15) is 43.4 Å². The Morgan fingerprint density at radius 1 is 1.00 bits per heavy atom. The first kappa shape index (κ1) is 32.0. The molecular weight excluding hydrogens is 562 g/mol. The number of aryl methyl sites for hydroxylation is 2. The number of sulfonamides is 1. The first-order valence-electron chi connectivity index (χ1n) is 13.6. The average Bonchev–Trinajstić information content (AvgIpc) is 2.96. The van der Waals surface area contributed by atoms with E-state index < -0.39 is 28.5 Å². The Bertz CT molecular complexity index is 1460. The van der Waals surface area contributed by atoms with Crippen molar-refractivity contribution in [3.63, 3.8) is 0 Å². The summed E-state index contributed by atoms with van der Waals surface area (Å²) < 4.78 is 34.5. The maximum absolute atomic E-state index is 14.2. The molecule has 0 fully saturated rings. The van der Waals surface area contributed by atoms with E-state index in [0.29, 0.717) is 29.3 Å². The van der Waals surface area contributed by atoms with Crippen molar-refractivity contribution in [1.82, 2.24) is 10.2 Å². The van der Waals surface area contributed by atoms with Crippen LogP contribution in [0.4, 0.5) is 5.69 Å². The third-order valence-corrected chi connectivity index (χ3v) is 8.76. The van der Waals surface area contributed by atoms with Crippen molar-refractivity contribution in [2.24, 2.45) is 0 Å². The largest absolute Gasteiger partial charge is 0.497 e. The summed E-state index contributed by atoms with van der Waals surface area (Å²) in [6.07, 6.45) is 1.08. The van der Waals surface area contributed by atoms with Crippen molar-refractivity contribution < 1.29 is 22.7 Å². The molecule has 0 unspecified atom stereocenters. The smallest absolute Gasteiger partial charge is 0.264 e. The Kier molecular flexibility index (Phi) is 11.2. The molecule has 0 aliphatic rings. The highest BCUT2D eigenvalue weighted by Crippen LogP contribution is 2.30. The number of amides is 2. The zero-order valence-electron chi connectivity index (χ0n) is 24.2. The van der Waals surface area contributed by atoms with Crippen molar-refractivity contribution in [3.05, 3.63) is 88.4 Å². The van der Waals surface area contributed by atoms with Gasteiger partial charge in [-0.25, -0.2) is 8.42 Å². The second-order valence-corrected chi connectivity index (χ2v) is 12.1. The van der Waals surface area contributed by atoms with Crippen LogP contribution in [-0.4, -0.2) is 51.4 Å². The van der Waals surface area contributed by atoms with Gasteiger partial charge in [0, 0.05) is 18.1 Å². The van der Waals surface area contributed by atoms with Gasteiger partial charge in [-0.3, -0.25) is 13.9 Å². The summed E-state index contributed by atoms with van der Waals surface area (Å²) in [4.78, 5) is 28.9. The van der Waals surface area contributed by atoms with Gasteiger partial charge in [0.15, 0.2) is 0 Å². The van der Waals surface area contributed by atoms with E-state index in [1.54, 1.807) is 56.5 Å². The van der Waals surface area contributed by atoms with Crippen LogP contribution < -0.4 is 14.4 Å². The molecule has 1 N–H and O–H groups in total. The summed E-state index contributed by atoms with van der Waals surface area (Å²) in [5, 5.41) is 3.22. The molecule has 0 aliphatic carbocycles. The number of hydrogen-bond donors (Lipinski definition) is 1.